The van der Waals surface area contributed by atoms with E-state index in [1.54, 1.807) is 0 Å². The molecular weight excluding hydrogens is 325 g/mol. The first-order valence-electron chi connectivity index (χ1n) is 8.68. The molecule has 5 nitrogen and oxygen atoms in total. The van der Waals surface area contributed by atoms with Crippen LogP contribution in [0.5, 0.6) is 5.75 Å². The Morgan fingerprint density at radius 2 is 2.00 bits per heavy atom. The van der Waals surface area contributed by atoms with E-state index in [-0.39, 0.29) is 23.3 Å². The highest BCUT2D eigenvalue weighted by Gasteiger charge is 2.30. The second-order valence-electron chi connectivity index (χ2n) is 6.78. The molecule has 0 aromatic heterocycles. The molecule has 25 heavy (non-hydrogen) atoms. The first kappa shape index (κ1) is 19.2. The van der Waals surface area contributed by atoms with Crippen LogP contribution in [0.25, 0.3) is 0 Å². The zero-order valence-electron chi connectivity index (χ0n) is 15.2. The number of carbonyl (C=O) groups excluding carboxylic acids is 2. The van der Waals surface area contributed by atoms with Crippen LogP contribution in [0.2, 0.25) is 0 Å². The maximum Gasteiger partial charge on any atom is 0.339 e. The molecule has 0 unspecified atom stereocenters. The standard InChI is InChI=1S/C19H26FNO4/c1-11-6-5-7-16(12(11)2)21-18(22)13(3)25-19(23)14-8-9-17(24-4)15(20)10-14/h8-13,16H,5-7H2,1-4H3,(H,21,22)/t11-,12+,13-,16+/m1/s1. The molecule has 1 aromatic carbocycles. The van der Waals surface area contributed by atoms with Crippen LogP contribution in [-0.2, 0) is 9.53 Å². The van der Waals surface area contributed by atoms with Crippen molar-refractivity contribution >= 4 is 11.9 Å². The van der Waals surface area contributed by atoms with E-state index in [1.807, 2.05) is 0 Å². The van der Waals surface area contributed by atoms with Crippen LogP contribution in [0.1, 0.15) is 50.4 Å². The van der Waals surface area contributed by atoms with Gasteiger partial charge in [-0.1, -0.05) is 26.7 Å². The fourth-order valence-electron chi connectivity index (χ4n) is 3.16. The van der Waals surface area contributed by atoms with Crippen molar-refractivity contribution in [2.45, 2.75) is 52.2 Å². The van der Waals surface area contributed by atoms with E-state index in [0.717, 1.165) is 18.9 Å². The number of carbonyl (C=O) groups is 2. The number of rotatable bonds is 5. The van der Waals surface area contributed by atoms with Crippen LogP contribution in [0.3, 0.4) is 0 Å². The Labute approximate surface area is 147 Å². The van der Waals surface area contributed by atoms with Gasteiger partial charge in [0.25, 0.3) is 5.91 Å². The predicted octanol–water partition coefficient (Wildman–Crippen LogP) is 3.32. The maximum absolute atomic E-state index is 13.7. The van der Waals surface area contributed by atoms with Crippen LogP contribution in [0.15, 0.2) is 18.2 Å². The Hall–Kier alpha value is -2.11. The Morgan fingerprint density at radius 3 is 2.64 bits per heavy atom. The summed E-state index contributed by atoms with van der Waals surface area (Å²) in [5.41, 5.74) is 0.0395. The van der Waals surface area contributed by atoms with Gasteiger partial charge in [0.15, 0.2) is 17.7 Å². The van der Waals surface area contributed by atoms with Crippen molar-refractivity contribution in [3.8, 4) is 5.75 Å². The fourth-order valence-corrected chi connectivity index (χ4v) is 3.16. The highest BCUT2D eigenvalue weighted by molar-refractivity contribution is 5.92. The maximum atomic E-state index is 13.7. The van der Waals surface area contributed by atoms with Crippen molar-refractivity contribution in [2.24, 2.45) is 11.8 Å². The molecule has 138 valence electrons. The zero-order chi connectivity index (χ0) is 18.6. The lowest BCUT2D eigenvalue weighted by Crippen LogP contribution is -2.47. The van der Waals surface area contributed by atoms with E-state index in [2.05, 4.69) is 19.2 Å². The van der Waals surface area contributed by atoms with Crippen LogP contribution in [0, 0.1) is 17.7 Å². The molecular formula is C19H26FNO4. The SMILES string of the molecule is COc1ccc(C(=O)O[C@H](C)C(=O)N[C@H]2CCC[C@@H](C)[C@@H]2C)cc1F. The molecule has 0 radical (unpaired) electrons. The summed E-state index contributed by atoms with van der Waals surface area (Å²) >= 11 is 0. The average molecular weight is 351 g/mol. The molecule has 0 bridgehead atoms. The molecule has 1 N–H and O–H groups in total. The van der Waals surface area contributed by atoms with E-state index in [9.17, 15) is 14.0 Å². The summed E-state index contributed by atoms with van der Waals surface area (Å²) in [7, 11) is 1.34. The summed E-state index contributed by atoms with van der Waals surface area (Å²) in [6, 6.07) is 3.88. The Morgan fingerprint density at radius 1 is 1.28 bits per heavy atom. The van der Waals surface area contributed by atoms with Gasteiger partial charge in [0.1, 0.15) is 0 Å². The second kappa shape index (κ2) is 8.32. The van der Waals surface area contributed by atoms with E-state index in [4.69, 9.17) is 9.47 Å². The third kappa shape index (κ3) is 4.71. The predicted molar refractivity (Wildman–Crippen MR) is 91.9 cm³/mol. The molecule has 1 amide bonds. The van der Waals surface area contributed by atoms with E-state index >= 15 is 0 Å². The van der Waals surface area contributed by atoms with Crippen molar-refractivity contribution < 1.29 is 23.5 Å². The number of hydrogen-bond acceptors (Lipinski definition) is 4. The van der Waals surface area contributed by atoms with Crippen LogP contribution in [-0.4, -0.2) is 31.1 Å². The Balaban J connectivity index is 1.94. The van der Waals surface area contributed by atoms with Crippen molar-refractivity contribution in [2.75, 3.05) is 7.11 Å². The van der Waals surface area contributed by atoms with E-state index < -0.39 is 17.9 Å². The Kier molecular flexibility index (Phi) is 6.39. The number of methoxy groups -OCH3 is 1. The molecule has 1 saturated carbocycles. The van der Waals surface area contributed by atoms with Gasteiger partial charge in [-0.3, -0.25) is 4.79 Å². The fraction of sp³-hybridized carbons (Fsp3) is 0.579. The number of amides is 1. The van der Waals surface area contributed by atoms with Crippen LogP contribution >= 0.6 is 0 Å². The molecule has 1 aliphatic carbocycles. The molecule has 1 fully saturated rings. The normalized spacial score (nSPS) is 24.3. The van der Waals surface area contributed by atoms with E-state index in [0.29, 0.717) is 11.8 Å². The minimum Gasteiger partial charge on any atom is -0.494 e. The lowest BCUT2D eigenvalue weighted by Gasteiger charge is -2.35. The lowest BCUT2D eigenvalue weighted by atomic mass is 9.78. The summed E-state index contributed by atoms with van der Waals surface area (Å²) in [5.74, 6) is -0.736. The third-order valence-corrected chi connectivity index (χ3v) is 5.08. The smallest absolute Gasteiger partial charge is 0.339 e. The van der Waals surface area contributed by atoms with Crippen molar-refractivity contribution in [1.29, 1.82) is 0 Å². The van der Waals surface area contributed by atoms with Gasteiger partial charge < -0.3 is 14.8 Å². The van der Waals surface area contributed by atoms with Gasteiger partial charge in [0.2, 0.25) is 0 Å². The summed E-state index contributed by atoms with van der Waals surface area (Å²) in [4.78, 5) is 24.4. The number of benzene rings is 1. The minimum atomic E-state index is -0.943. The van der Waals surface area contributed by atoms with Gasteiger partial charge in [0.05, 0.1) is 12.7 Å². The van der Waals surface area contributed by atoms with Gasteiger partial charge in [-0.05, 0) is 43.4 Å². The number of esters is 1. The molecule has 2 rings (SSSR count). The van der Waals surface area contributed by atoms with Gasteiger partial charge in [-0.25, -0.2) is 9.18 Å². The topological polar surface area (TPSA) is 64.6 Å². The van der Waals surface area contributed by atoms with Crippen LogP contribution < -0.4 is 10.1 Å². The molecule has 1 aliphatic rings. The molecule has 1 aromatic rings. The molecule has 6 heteroatoms. The van der Waals surface area contributed by atoms with Gasteiger partial charge in [-0.15, -0.1) is 0 Å². The highest BCUT2D eigenvalue weighted by atomic mass is 19.1. The number of nitrogens with one attached hydrogen (secondary N) is 1. The van der Waals surface area contributed by atoms with Crippen molar-refractivity contribution in [3.63, 3.8) is 0 Å². The monoisotopic (exact) mass is 351 g/mol. The average Bonchev–Trinajstić information content (AvgIpc) is 2.58. The van der Waals surface area contributed by atoms with Gasteiger partial charge in [0, 0.05) is 6.04 Å². The molecule has 0 saturated heterocycles. The third-order valence-electron chi connectivity index (χ3n) is 5.08. The molecule has 0 heterocycles. The quantitative estimate of drug-likeness (QED) is 0.827. The number of hydrogen-bond donors (Lipinski definition) is 1. The minimum absolute atomic E-state index is 0.0395. The first-order chi connectivity index (χ1) is 11.8. The zero-order valence-corrected chi connectivity index (χ0v) is 15.2. The van der Waals surface area contributed by atoms with Crippen LogP contribution in [0.4, 0.5) is 4.39 Å². The van der Waals surface area contributed by atoms with E-state index in [1.165, 1.54) is 32.6 Å². The number of halogens is 1. The van der Waals surface area contributed by atoms with Crippen molar-refractivity contribution in [3.05, 3.63) is 29.6 Å². The molecule has 4 atom stereocenters. The molecule has 0 aliphatic heterocycles. The second-order valence-corrected chi connectivity index (χ2v) is 6.78. The summed E-state index contributed by atoms with van der Waals surface area (Å²) in [5, 5.41) is 2.98. The molecule has 0 spiro atoms. The summed E-state index contributed by atoms with van der Waals surface area (Å²) < 4.78 is 23.7. The summed E-state index contributed by atoms with van der Waals surface area (Å²) in [6.07, 6.45) is 2.24. The lowest BCUT2D eigenvalue weighted by molar-refractivity contribution is -0.130. The van der Waals surface area contributed by atoms with Gasteiger partial charge >= 0.3 is 5.97 Å². The Bertz CT molecular complexity index is 634. The summed E-state index contributed by atoms with van der Waals surface area (Å²) in [6.45, 7) is 5.83. The number of ether oxygens (including phenoxy) is 2. The largest absolute Gasteiger partial charge is 0.494 e. The van der Waals surface area contributed by atoms with Gasteiger partial charge in [-0.2, -0.15) is 0 Å². The van der Waals surface area contributed by atoms with Crippen molar-refractivity contribution in [1.82, 2.24) is 5.32 Å². The highest BCUT2D eigenvalue weighted by Crippen LogP contribution is 2.29. The first-order valence-corrected chi connectivity index (χ1v) is 8.68.